The standard InChI is InChI=1S/C49H36FNO/c1-49(2)44-32-38(34-14-8-4-9-15-34)22-31-43(44)46-45(47(52-48(46)49)37-16-10-5-11-17-37)36-20-27-41(28-21-36)51(42-29-23-39(50)24-30-42)40-25-18-35(19-26-40)33-12-6-3-7-13-33/h3-32H,1-2H3. The van der Waals surface area contributed by atoms with Crippen LogP contribution in [0.1, 0.15) is 25.2 Å². The molecule has 0 amide bonds. The van der Waals surface area contributed by atoms with Gasteiger partial charge in [-0.25, -0.2) is 4.39 Å². The van der Waals surface area contributed by atoms with Gasteiger partial charge in [0.05, 0.1) is 0 Å². The Bertz CT molecular complexity index is 2500. The average Bonchev–Trinajstić information content (AvgIpc) is 3.70. The fourth-order valence-electron chi connectivity index (χ4n) is 7.66. The quantitative estimate of drug-likeness (QED) is 0.167. The van der Waals surface area contributed by atoms with Crippen LogP contribution in [0.5, 0.6) is 0 Å². The number of anilines is 3. The Balaban J connectivity index is 1.17. The second-order valence-electron chi connectivity index (χ2n) is 13.9. The maximum absolute atomic E-state index is 14.1. The number of hydrogen-bond donors (Lipinski definition) is 0. The highest BCUT2D eigenvalue weighted by Gasteiger charge is 2.42. The highest BCUT2D eigenvalue weighted by molar-refractivity contribution is 5.99. The molecule has 3 heteroatoms. The van der Waals surface area contributed by atoms with Crippen LogP contribution in [0.3, 0.4) is 0 Å². The predicted molar refractivity (Wildman–Crippen MR) is 213 cm³/mol. The molecule has 0 saturated carbocycles. The zero-order valence-corrected chi connectivity index (χ0v) is 29.1. The molecule has 1 heterocycles. The van der Waals surface area contributed by atoms with E-state index in [1.807, 2.05) is 24.3 Å². The first-order valence-electron chi connectivity index (χ1n) is 17.7. The summed E-state index contributed by atoms with van der Waals surface area (Å²) in [4.78, 5) is 2.17. The maximum Gasteiger partial charge on any atom is 0.142 e. The first kappa shape index (κ1) is 31.5. The number of fused-ring (bicyclic) bond motifs is 3. The van der Waals surface area contributed by atoms with Crippen LogP contribution < -0.4 is 4.90 Å². The number of benzene rings is 7. The van der Waals surface area contributed by atoms with E-state index < -0.39 is 0 Å². The van der Waals surface area contributed by atoms with Crippen molar-refractivity contribution in [2.45, 2.75) is 19.3 Å². The summed E-state index contributed by atoms with van der Waals surface area (Å²) in [6.07, 6.45) is 0. The minimum absolute atomic E-state index is 0.264. The van der Waals surface area contributed by atoms with Crippen molar-refractivity contribution in [1.29, 1.82) is 0 Å². The van der Waals surface area contributed by atoms with Crippen LogP contribution in [0, 0.1) is 5.82 Å². The van der Waals surface area contributed by atoms with Crippen LogP contribution in [0.4, 0.5) is 21.5 Å². The molecule has 1 aliphatic rings. The molecule has 250 valence electrons. The Morgan fingerprint density at radius 2 is 0.885 bits per heavy atom. The van der Waals surface area contributed by atoms with Crippen molar-refractivity contribution in [2.75, 3.05) is 4.90 Å². The van der Waals surface area contributed by atoms with Crippen molar-refractivity contribution >= 4 is 17.1 Å². The molecule has 0 radical (unpaired) electrons. The van der Waals surface area contributed by atoms with Gasteiger partial charge in [0.1, 0.15) is 17.3 Å². The largest absolute Gasteiger partial charge is 0.459 e. The highest BCUT2D eigenvalue weighted by atomic mass is 19.1. The van der Waals surface area contributed by atoms with Gasteiger partial charge < -0.3 is 9.32 Å². The number of hydrogen-bond acceptors (Lipinski definition) is 2. The molecule has 0 N–H and O–H groups in total. The molecule has 0 atom stereocenters. The van der Waals surface area contributed by atoms with Gasteiger partial charge in [0.2, 0.25) is 0 Å². The van der Waals surface area contributed by atoms with Crippen LogP contribution in [0.2, 0.25) is 0 Å². The van der Waals surface area contributed by atoms with Gasteiger partial charge in [-0.1, -0.05) is 127 Å². The highest BCUT2D eigenvalue weighted by Crippen LogP contribution is 2.57. The third-order valence-electron chi connectivity index (χ3n) is 10.3. The molecular formula is C49H36FNO. The molecule has 1 aromatic heterocycles. The normalized spacial score (nSPS) is 12.7. The molecule has 9 rings (SSSR count). The lowest BCUT2D eigenvalue weighted by atomic mass is 9.84. The van der Waals surface area contributed by atoms with Crippen LogP contribution in [0.15, 0.2) is 186 Å². The first-order valence-corrected chi connectivity index (χ1v) is 17.7. The molecule has 7 aromatic carbocycles. The van der Waals surface area contributed by atoms with E-state index in [-0.39, 0.29) is 11.2 Å². The molecule has 52 heavy (non-hydrogen) atoms. The summed E-state index contributed by atoms with van der Waals surface area (Å²) in [7, 11) is 0. The monoisotopic (exact) mass is 673 g/mol. The van der Waals surface area contributed by atoms with Crippen molar-refractivity contribution < 1.29 is 8.81 Å². The van der Waals surface area contributed by atoms with Gasteiger partial charge in [0.15, 0.2) is 0 Å². The van der Waals surface area contributed by atoms with Crippen LogP contribution in [-0.4, -0.2) is 0 Å². The second kappa shape index (κ2) is 12.7. The molecule has 0 bridgehead atoms. The van der Waals surface area contributed by atoms with Gasteiger partial charge in [0, 0.05) is 39.2 Å². The van der Waals surface area contributed by atoms with E-state index >= 15 is 0 Å². The SMILES string of the molecule is CC1(C)c2cc(-c3ccccc3)ccc2-c2c1oc(-c1ccccc1)c2-c1ccc(N(c2ccc(F)cc2)c2ccc(-c3ccccc3)cc2)cc1. The van der Waals surface area contributed by atoms with E-state index in [4.69, 9.17) is 4.42 Å². The summed E-state index contributed by atoms with van der Waals surface area (Å²) in [6, 6.07) is 62.0. The van der Waals surface area contributed by atoms with Crippen molar-refractivity contribution in [2.24, 2.45) is 0 Å². The van der Waals surface area contributed by atoms with Crippen LogP contribution in [-0.2, 0) is 5.41 Å². The third-order valence-corrected chi connectivity index (χ3v) is 10.3. The minimum Gasteiger partial charge on any atom is -0.459 e. The lowest BCUT2D eigenvalue weighted by Crippen LogP contribution is -2.14. The summed E-state index contributed by atoms with van der Waals surface area (Å²) < 4.78 is 21.1. The van der Waals surface area contributed by atoms with E-state index in [9.17, 15) is 4.39 Å². The Hall–Kier alpha value is -6.45. The molecule has 1 aliphatic carbocycles. The van der Waals surface area contributed by atoms with E-state index in [2.05, 4.69) is 164 Å². The van der Waals surface area contributed by atoms with E-state index in [0.29, 0.717) is 0 Å². The van der Waals surface area contributed by atoms with Crippen molar-refractivity contribution in [1.82, 2.24) is 0 Å². The summed E-state index contributed by atoms with van der Waals surface area (Å²) in [5.41, 5.74) is 14.0. The smallest absolute Gasteiger partial charge is 0.142 e. The Kier molecular flexibility index (Phi) is 7.70. The topological polar surface area (TPSA) is 16.4 Å². The Morgan fingerprint density at radius 1 is 0.442 bits per heavy atom. The van der Waals surface area contributed by atoms with Crippen LogP contribution in [0.25, 0.3) is 55.8 Å². The molecule has 0 fully saturated rings. The van der Waals surface area contributed by atoms with Gasteiger partial charge in [-0.15, -0.1) is 0 Å². The van der Waals surface area contributed by atoms with Gasteiger partial charge in [0.25, 0.3) is 0 Å². The summed E-state index contributed by atoms with van der Waals surface area (Å²) in [6.45, 7) is 4.53. The summed E-state index contributed by atoms with van der Waals surface area (Å²) in [5.74, 6) is 1.59. The number of nitrogens with zero attached hydrogens (tertiary/aromatic N) is 1. The zero-order chi connectivity index (χ0) is 35.2. The number of furan rings is 1. The Morgan fingerprint density at radius 3 is 1.44 bits per heavy atom. The predicted octanol–water partition coefficient (Wildman–Crippen LogP) is 13.9. The molecule has 0 spiro atoms. The van der Waals surface area contributed by atoms with Gasteiger partial charge in [-0.05, 0) is 107 Å². The molecule has 2 nitrogen and oxygen atoms in total. The molecular weight excluding hydrogens is 638 g/mol. The van der Waals surface area contributed by atoms with Crippen molar-refractivity contribution in [3.8, 4) is 55.8 Å². The van der Waals surface area contributed by atoms with Crippen molar-refractivity contribution in [3.63, 3.8) is 0 Å². The fraction of sp³-hybridized carbons (Fsp3) is 0.0612. The van der Waals surface area contributed by atoms with Gasteiger partial charge >= 0.3 is 0 Å². The zero-order valence-electron chi connectivity index (χ0n) is 29.1. The lowest BCUT2D eigenvalue weighted by molar-refractivity contribution is 0.448. The molecule has 0 unspecified atom stereocenters. The lowest BCUT2D eigenvalue weighted by Gasteiger charge is -2.26. The molecule has 8 aromatic rings. The summed E-state index contributed by atoms with van der Waals surface area (Å²) >= 11 is 0. The summed E-state index contributed by atoms with van der Waals surface area (Å²) in [5, 5.41) is 0. The first-order chi connectivity index (χ1) is 25.5. The number of rotatable bonds is 7. The molecule has 0 saturated heterocycles. The maximum atomic E-state index is 14.1. The minimum atomic E-state index is -0.331. The van der Waals surface area contributed by atoms with E-state index in [0.717, 1.165) is 62.0 Å². The average molecular weight is 674 g/mol. The van der Waals surface area contributed by atoms with Crippen molar-refractivity contribution in [3.05, 3.63) is 199 Å². The number of halogens is 1. The fourth-order valence-corrected chi connectivity index (χ4v) is 7.66. The van der Waals surface area contributed by atoms with Gasteiger partial charge in [-0.3, -0.25) is 0 Å². The second-order valence-corrected chi connectivity index (χ2v) is 13.9. The third kappa shape index (κ3) is 5.43. The van der Waals surface area contributed by atoms with Crippen LogP contribution >= 0.6 is 0 Å². The molecule has 0 aliphatic heterocycles. The van der Waals surface area contributed by atoms with E-state index in [1.165, 1.54) is 34.4 Å². The van der Waals surface area contributed by atoms with E-state index in [1.54, 1.807) is 0 Å². The Labute approximate surface area is 304 Å². The van der Waals surface area contributed by atoms with Gasteiger partial charge in [-0.2, -0.15) is 0 Å².